The third-order valence-corrected chi connectivity index (χ3v) is 4.01. The maximum Gasteiger partial charge on any atom is 0.133 e. The molecule has 1 unspecified atom stereocenters. The third kappa shape index (κ3) is 4.46. The SMILES string of the molecule is CCCC(CBr)COc1ccc(C)cc1Br. The molecule has 16 heavy (non-hydrogen) atoms. The molecule has 90 valence electrons. The molecule has 3 heteroatoms. The minimum absolute atomic E-state index is 0.596. The molecular weight excluding hydrogens is 332 g/mol. The molecule has 0 amide bonds. The topological polar surface area (TPSA) is 9.23 Å². The van der Waals surface area contributed by atoms with Crippen LogP contribution >= 0.6 is 31.9 Å². The summed E-state index contributed by atoms with van der Waals surface area (Å²) in [6.45, 7) is 5.06. The number of halogens is 2. The molecule has 0 saturated carbocycles. The quantitative estimate of drug-likeness (QED) is 0.660. The van der Waals surface area contributed by atoms with Crippen LogP contribution in [0.25, 0.3) is 0 Å². The van der Waals surface area contributed by atoms with Gasteiger partial charge in [-0.3, -0.25) is 0 Å². The van der Waals surface area contributed by atoms with Gasteiger partial charge < -0.3 is 4.74 Å². The lowest BCUT2D eigenvalue weighted by molar-refractivity contribution is 0.253. The van der Waals surface area contributed by atoms with E-state index in [4.69, 9.17) is 4.74 Å². The summed E-state index contributed by atoms with van der Waals surface area (Å²) in [5.74, 6) is 1.53. The van der Waals surface area contributed by atoms with E-state index in [-0.39, 0.29) is 0 Å². The summed E-state index contributed by atoms with van der Waals surface area (Å²) in [5.41, 5.74) is 1.24. The average molecular weight is 350 g/mol. The zero-order valence-corrected chi connectivity index (χ0v) is 13.0. The number of alkyl halides is 1. The summed E-state index contributed by atoms with van der Waals surface area (Å²) in [7, 11) is 0. The molecule has 0 saturated heterocycles. The Morgan fingerprint density at radius 3 is 2.69 bits per heavy atom. The molecule has 0 fully saturated rings. The number of hydrogen-bond acceptors (Lipinski definition) is 1. The summed E-state index contributed by atoms with van der Waals surface area (Å²) in [4.78, 5) is 0. The smallest absolute Gasteiger partial charge is 0.133 e. The Morgan fingerprint density at radius 2 is 2.12 bits per heavy atom. The molecule has 0 N–H and O–H groups in total. The van der Waals surface area contributed by atoms with Crippen LogP contribution in [0.15, 0.2) is 22.7 Å². The van der Waals surface area contributed by atoms with Crippen molar-refractivity contribution in [3.8, 4) is 5.75 Å². The van der Waals surface area contributed by atoms with Gasteiger partial charge in [0.2, 0.25) is 0 Å². The van der Waals surface area contributed by atoms with E-state index in [0.717, 1.165) is 22.2 Å². The van der Waals surface area contributed by atoms with Crippen LogP contribution in [0.5, 0.6) is 5.75 Å². The normalized spacial score (nSPS) is 12.5. The minimum atomic E-state index is 0.596. The average Bonchev–Trinajstić information content (AvgIpc) is 2.26. The Kier molecular flexibility index (Phi) is 6.44. The fourth-order valence-corrected chi connectivity index (χ4v) is 2.66. The standard InChI is InChI=1S/C13H18Br2O/c1-3-4-11(8-14)9-16-13-6-5-10(2)7-12(13)15/h5-7,11H,3-4,8-9H2,1-2H3. The van der Waals surface area contributed by atoms with Gasteiger partial charge in [0.1, 0.15) is 5.75 Å². The lowest BCUT2D eigenvalue weighted by Crippen LogP contribution is -2.13. The van der Waals surface area contributed by atoms with Crippen LogP contribution in [0.2, 0.25) is 0 Å². The van der Waals surface area contributed by atoms with Crippen molar-refractivity contribution in [2.24, 2.45) is 5.92 Å². The summed E-state index contributed by atoms with van der Waals surface area (Å²) in [6, 6.07) is 6.18. The van der Waals surface area contributed by atoms with Gasteiger partial charge in [0, 0.05) is 11.2 Å². The largest absolute Gasteiger partial charge is 0.492 e. The Morgan fingerprint density at radius 1 is 1.38 bits per heavy atom. The maximum atomic E-state index is 5.82. The predicted molar refractivity (Wildman–Crippen MR) is 76.6 cm³/mol. The lowest BCUT2D eigenvalue weighted by Gasteiger charge is -2.15. The Hall–Kier alpha value is -0.0200. The van der Waals surface area contributed by atoms with Crippen molar-refractivity contribution in [2.45, 2.75) is 26.7 Å². The number of benzene rings is 1. The van der Waals surface area contributed by atoms with E-state index in [1.54, 1.807) is 0 Å². The molecule has 1 nitrogen and oxygen atoms in total. The van der Waals surface area contributed by atoms with Gasteiger partial charge in [-0.1, -0.05) is 35.3 Å². The first-order valence-electron chi connectivity index (χ1n) is 5.62. The first kappa shape index (κ1) is 14.0. The van der Waals surface area contributed by atoms with Crippen molar-refractivity contribution in [3.05, 3.63) is 28.2 Å². The summed E-state index contributed by atoms with van der Waals surface area (Å²) in [6.07, 6.45) is 2.41. The van der Waals surface area contributed by atoms with Gasteiger partial charge in [0.15, 0.2) is 0 Å². The molecule has 1 atom stereocenters. The van der Waals surface area contributed by atoms with Crippen LogP contribution < -0.4 is 4.74 Å². The molecule has 0 spiro atoms. The van der Waals surface area contributed by atoms with E-state index >= 15 is 0 Å². The van der Waals surface area contributed by atoms with Crippen LogP contribution in [-0.4, -0.2) is 11.9 Å². The van der Waals surface area contributed by atoms with Crippen molar-refractivity contribution in [2.75, 3.05) is 11.9 Å². The molecule has 1 aromatic carbocycles. The minimum Gasteiger partial charge on any atom is -0.492 e. The number of hydrogen-bond donors (Lipinski definition) is 0. The Labute approximate surface area is 115 Å². The van der Waals surface area contributed by atoms with Gasteiger partial charge in [-0.25, -0.2) is 0 Å². The highest BCUT2D eigenvalue weighted by Crippen LogP contribution is 2.26. The van der Waals surface area contributed by atoms with Gasteiger partial charge >= 0.3 is 0 Å². The molecule has 0 heterocycles. The van der Waals surface area contributed by atoms with E-state index in [9.17, 15) is 0 Å². The monoisotopic (exact) mass is 348 g/mol. The second kappa shape index (κ2) is 7.33. The fraction of sp³-hybridized carbons (Fsp3) is 0.538. The third-order valence-electron chi connectivity index (χ3n) is 2.48. The zero-order valence-electron chi connectivity index (χ0n) is 9.80. The number of rotatable bonds is 6. The molecule has 0 aliphatic carbocycles. The molecule has 0 radical (unpaired) electrons. The summed E-state index contributed by atoms with van der Waals surface area (Å²) in [5, 5.41) is 1.00. The van der Waals surface area contributed by atoms with E-state index in [0.29, 0.717) is 5.92 Å². The second-order valence-electron chi connectivity index (χ2n) is 4.05. The van der Waals surface area contributed by atoms with Crippen LogP contribution in [0, 0.1) is 12.8 Å². The van der Waals surface area contributed by atoms with Crippen LogP contribution in [0.1, 0.15) is 25.3 Å². The van der Waals surface area contributed by atoms with E-state index in [2.05, 4.69) is 57.8 Å². The molecular formula is C13H18Br2O. The first-order valence-corrected chi connectivity index (χ1v) is 7.53. The lowest BCUT2D eigenvalue weighted by atomic mass is 10.1. The van der Waals surface area contributed by atoms with Crippen molar-refractivity contribution >= 4 is 31.9 Å². The van der Waals surface area contributed by atoms with Crippen LogP contribution in [0.3, 0.4) is 0 Å². The van der Waals surface area contributed by atoms with Crippen molar-refractivity contribution in [3.63, 3.8) is 0 Å². The van der Waals surface area contributed by atoms with Crippen LogP contribution in [-0.2, 0) is 0 Å². The molecule has 0 aromatic heterocycles. The number of ether oxygens (including phenoxy) is 1. The highest BCUT2D eigenvalue weighted by molar-refractivity contribution is 9.10. The van der Waals surface area contributed by atoms with E-state index in [1.165, 1.54) is 18.4 Å². The second-order valence-corrected chi connectivity index (χ2v) is 5.56. The van der Waals surface area contributed by atoms with Gasteiger partial charge in [-0.2, -0.15) is 0 Å². The van der Waals surface area contributed by atoms with E-state index < -0.39 is 0 Å². The highest BCUT2D eigenvalue weighted by Gasteiger charge is 2.08. The molecule has 0 aliphatic heterocycles. The molecule has 0 aliphatic rings. The van der Waals surface area contributed by atoms with E-state index in [1.807, 2.05) is 6.07 Å². The molecule has 1 aromatic rings. The van der Waals surface area contributed by atoms with Gasteiger partial charge in [0.25, 0.3) is 0 Å². The molecule has 1 rings (SSSR count). The predicted octanol–water partition coefficient (Wildman–Crippen LogP) is 4.95. The van der Waals surface area contributed by atoms with Gasteiger partial charge in [-0.05, 0) is 47.0 Å². The van der Waals surface area contributed by atoms with Gasteiger partial charge in [-0.15, -0.1) is 0 Å². The maximum absolute atomic E-state index is 5.82. The van der Waals surface area contributed by atoms with Crippen molar-refractivity contribution in [1.82, 2.24) is 0 Å². The number of aryl methyl sites for hydroxylation is 1. The summed E-state index contributed by atoms with van der Waals surface area (Å²) < 4.78 is 6.86. The van der Waals surface area contributed by atoms with Crippen LogP contribution in [0.4, 0.5) is 0 Å². The van der Waals surface area contributed by atoms with Crippen molar-refractivity contribution in [1.29, 1.82) is 0 Å². The Bertz CT molecular complexity index is 326. The van der Waals surface area contributed by atoms with Crippen molar-refractivity contribution < 1.29 is 4.74 Å². The van der Waals surface area contributed by atoms with Gasteiger partial charge in [0.05, 0.1) is 11.1 Å². The highest BCUT2D eigenvalue weighted by atomic mass is 79.9. The fourth-order valence-electron chi connectivity index (χ4n) is 1.54. The molecule has 0 bridgehead atoms. The Balaban J connectivity index is 2.53. The summed E-state index contributed by atoms with van der Waals surface area (Å²) >= 11 is 7.05. The first-order chi connectivity index (χ1) is 7.67. The zero-order chi connectivity index (χ0) is 12.0.